The minimum absolute atomic E-state index is 0. The van der Waals surface area contributed by atoms with Crippen molar-refractivity contribution in [3.63, 3.8) is 0 Å². The zero-order valence-corrected chi connectivity index (χ0v) is 32.6. The molecule has 0 bridgehead atoms. The molecule has 276 valence electrons. The van der Waals surface area contributed by atoms with E-state index in [1.54, 1.807) is 12.4 Å². The van der Waals surface area contributed by atoms with Gasteiger partial charge in [0.1, 0.15) is 0 Å². The van der Waals surface area contributed by atoms with E-state index in [4.69, 9.17) is 23.0 Å². The first-order valence-electron chi connectivity index (χ1n) is 16.2. The second-order valence-electron chi connectivity index (χ2n) is 16.8. The molecule has 2 aromatic rings. The fourth-order valence-electron chi connectivity index (χ4n) is 5.27. The third kappa shape index (κ3) is 12.4. The van der Waals surface area contributed by atoms with Crippen molar-refractivity contribution in [2.75, 3.05) is 0 Å². The van der Waals surface area contributed by atoms with Crippen LogP contribution in [0, 0.1) is 0 Å². The van der Waals surface area contributed by atoms with Gasteiger partial charge in [-0.3, -0.25) is 9.98 Å². The van der Waals surface area contributed by atoms with Crippen LogP contribution in [-0.4, -0.2) is 43.0 Å². The summed E-state index contributed by atoms with van der Waals surface area (Å²) in [5.74, 6) is 0.120. The number of hydrogen-bond acceptors (Lipinski definition) is 7. The topological polar surface area (TPSA) is 128 Å². The average Bonchev–Trinajstić information content (AvgIpc) is 2.89. The van der Waals surface area contributed by atoms with Gasteiger partial charge in [0.15, 0.2) is 10.1 Å². The van der Waals surface area contributed by atoms with Crippen molar-refractivity contribution in [1.82, 2.24) is 0 Å². The first-order valence-corrected chi connectivity index (χ1v) is 17.7. The fraction of sp³-hybridized carbons (Fsp3) is 0.622. The maximum Gasteiger partial charge on any atom is 3.00 e. The van der Waals surface area contributed by atoms with E-state index in [1.807, 2.05) is 12.1 Å². The average molecular weight is 753 g/mol. The van der Waals surface area contributed by atoms with Gasteiger partial charge < -0.3 is 14.8 Å². The quantitative estimate of drug-likeness (QED) is 0.178. The Hall–Kier alpha value is -2.41. The van der Waals surface area contributed by atoms with Gasteiger partial charge in [0.2, 0.25) is 0 Å². The Morgan fingerprint density at radius 2 is 0.918 bits per heavy atom. The van der Waals surface area contributed by atoms with Gasteiger partial charge in [-0.2, -0.15) is 13.2 Å². The standard InChI is InChI=1S/C36H54N2O2.CHF3O3S.Co/c1-33(2,3)25-17-23(31(39)27(19-25)35(7,8)9)21-37-29-15-13-14-16-30(29)38-22-24-18-26(34(4,5)6)20-28(32(24)40)36(10,11)12;2-1(3,4)8(5,6)7;/h17-22,29-30,39-40H,13-16H2,1-12H3;(H,5,6,7);/q;;+3/p-3/t29-,30-;;/m1../s1. The molecular formula is C37H52CoF3N2O5S. The van der Waals surface area contributed by atoms with Crippen LogP contribution in [0.2, 0.25) is 0 Å². The molecule has 0 spiro atoms. The Morgan fingerprint density at radius 3 is 1.14 bits per heavy atom. The van der Waals surface area contributed by atoms with Gasteiger partial charge in [-0.15, -0.1) is 0 Å². The summed E-state index contributed by atoms with van der Waals surface area (Å²) in [4.78, 5) is 9.95. The summed E-state index contributed by atoms with van der Waals surface area (Å²) in [5.41, 5.74) is -1.03. The Balaban J connectivity index is 0.00000119. The monoisotopic (exact) mass is 752 g/mol. The van der Waals surface area contributed by atoms with Gasteiger partial charge in [-0.1, -0.05) is 132 Å². The molecule has 49 heavy (non-hydrogen) atoms. The van der Waals surface area contributed by atoms with E-state index >= 15 is 0 Å². The largest absolute Gasteiger partial charge is 3.00 e. The van der Waals surface area contributed by atoms with E-state index in [0.717, 1.165) is 47.9 Å². The van der Waals surface area contributed by atoms with Crippen LogP contribution in [0.3, 0.4) is 0 Å². The van der Waals surface area contributed by atoms with Crippen molar-refractivity contribution in [2.24, 2.45) is 9.98 Å². The minimum atomic E-state index is -6.09. The van der Waals surface area contributed by atoms with E-state index in [1.165, 1.54) is 0 Å². The van der Waals surface area contributed by atoms with Crippen molar-refractivity contribution in [3.8, 4) is 11.5 Å². The molecule has 1 aliphatic rings. The van der Waals surface area contributed by atoms with Gasteiger partial charge in [0, 0.05) is 12.4 Å². The molecule has 0 saturated heterocycles. The third-order valence-electron chi connectivity index (χ3n) is 8.37. The molecule has 7 nitrogen and oxygen atoms in total. The zero-order valence-electron chi connectivity index (χ0n) is 30.8. The van der Waals surface area contributed by atoms with Crippen LogP contribution >= 0.6 is 0 Å². The molecule has 0 unspecified atom stereocenters. The Morgan fingerprint density at radius 1 is 0.633 bits per heavy atom. The summed E-state index contributed by atoms with van der Waals surface area (Å²) >= 11 is 0. The van der Waals surface area contributed by atoms with Crippen molar-refractivity contribution >= 4 is 22.5 Å². The number of benzene rings is 2. The SMILES string of the molecule is CC(C)(C)c1cc(C=N[C@@H]2CCCC[C@H]2N=Cc2cc(C(C)(C)C)cc(C(C)(C)C)c2[O-])c([O-])c(C(C)(C)C)c1.O=S(=O)([O-])C(F)(F)F.[Co+3]. The van der Waals surface area contributed by atoms with E-state index in [0.29, 0.717) is 11.1 Å². The number of hydrogen-bond donors (Lipinski definition) is 0. The van der Waals surface area contributed by atoms with E-state index in [9.17, 15) is 23.4 Å². The molecule has 1 saturated carbocycles. The van der Waals surface area contributed by atoms with Gasteiger partial charge in [-0.25, -0.2) is 8.42 Å². The summed E-state index contributed by atoms with van der Waals surface area (Å²) in [7, 11) is -6.09. The van der Waals surface area contributed by atoms with Gasteiger partial charge >= 0.3 is 22.3 Å². The summed E-state index contributed by atoms with van der Waals surface area (Å²) in [6.07, 6.45) is 7.63. The van der Waals surface area contributed by atoms with Crippen LogP contribution in [-0.2, 0) is 48.6 Å². The zero-order chi connectivity index (χ0) is 37.3. The molecule has 2 atom stereocenters. The van der Waals surface area contributed by atoms with Gasteiger partial charge in [-0.05, 0) is 67.9 Å². The van der Waals surface area contributed by atoms with Crippen LogP contribution in [0.1, 0.15) is 142 Å². The first-order chi connectivity index (χ1) is 21.4. The van der Waals surface area contributed by atoms with Crippen LogP contribution in [0.5, 0.6) is 11.5 Å². The summed E-state index contributed by atoms with van der Waals surface area (Å²) < 4.78 is 58.9. The van der Waals surface area contributed by atoms with E-state index in [2.05, 4.69) is 95.2 Å². The molecule has 0 radical (unpaired) electrons. The molecular weight excluding hydrogens is 700 g/mol. The van der Waals surface area contributed by atoms with Crippen molar-refractivity contribution < 1.29 is 53.1 Å². The Labute approximate surface area is 301 Å². The third-order valence-corrected chi connectivity index (χ3v) is 8.94. The molecule has 0 heterocycles. The van der Waals surface area contributed by atoms with Crippen molar-refractivity contribution in [2.45, 2.75) is 148 Å². The minimum Gasteiger partial charge on any atom is -0.872 e. The predicted molar refractivity (Wildman–Crippen MR) is 184 cm³/mol. The summed E-state index contributed by atoms with van der Waals surface area (Å²) in [6, 6.07) is 8.15. The van der Waals surface area contributed by atoms with Crippen LogP contribution in [0.25, 0.3) is 0 Å². The van der Waals surface area contributed by atoms with Crippen molar-refractivity contribution in [3.05, 3.63) is 57.6 Å². The Bertz CT molecular complexity index is 1510. The number of rotatable bonds is 4. The number of halogens is 3. The molecule has 0 aliphatic heterocycles. The number of alkyl halides is 3. The molecule has 0 aromatic heterocycles. The van der Waals surface area contributed by atoms with Crippen LogP contribution in [0.15, 0.2) is 34.3 Å². The Kier molecular flexibility index (Phi) is 14.4. The molecule has 1 fully saturated rings. The predicted octanol–water partition coefficient (Wildman–Crippen LogP) is 7.92. The normalized spacial score (nSPS) is 18.3. The second kappa shape index (κ2) is 15.9. The maximum absolute atomic E-state index is 13.5. The van der Waals surface area contributed by atoms with Gasteiger partial charge in [0.05, 0.1) is 12.1 Å². The smallest absolute Gasteiger partial charge is 0.872 e. The molecule has 1 aliphatic carbocycles. The first kappa shape index (κ1) is 44.6. The molecule has 3 rings (SSSR count). The maximum atomic E-state index is 13.5. The number of aliphatic imine (C=N–C) groups is 2. The second-order valence-corrected chi connectivity index (χ2v) is 18.1. The molecule has 2 aromatic carbocycles. The molecule has 12 heteroatoms. The van der Waals surface area contributed by atoms with Gasteiger partial charge in [0.25, 0.3) is 0 Å². The van der Waals surface area contributed by atoms with Crippen molar-refractivity contribution in [1.29, 1.82) is 0 Å². The number of nitrogens with zero attached hydrogens (tertiary/aromatic N) is 2. The fourth-order valence-corrected chi connectivity index (χ4v) is 5.27. The van der Waals surface area contributed by atoms with Crippen LogP contribution in [0.4, 0.5) is 13.2 Å². The molecule has 0 amide bonds. The van der Waals surface area contributed by atoms with E-state index < -0.39 is 15.6 Å². The summed E-state index contributed by atoms with van der Waals surface area (Å²) in [6.45, 7) is 25.6. The van der Waals surface area contributed by atoms with E-state index in [-0.39, 0.29) is 62.0 Å². The molecule has 0 N–H and O–H groups in total. The summed E-state index contributed by atoms with van der Waals surface area (Å²) in [5, 5.41) is 26.9. The van der Waals surface area contributed by atoms with Crippen LogP contribution < -0.4 is 10.2 Å².